The molecule has 1 saturated heterocycles. The lowest BCUT2D eigenvalue weighted by Crippen LogP contribution is -2.25. The van der Waals surface area contributed by atoms with Gasteiger partial charge in [-0.3, -0.25) is 0 Å². The fourth-order valence-corrected chi connectivity index (χ4v) is 2.13. The van der Waals surface area contributed by atoms with Crippen LogP contribution in [0, 0.1) is 11.6 Å². The summed E-state index contributed by atoms with van der Waals surface area (Å²) in [4.78, 5) is 2.20. The van der Waals surface area contributed by atoms with Gasteiger partial charge in [0.25, 0.3) is 0 Å². The molecule has 0 aliphatic carbocycles. The second kappa shape index (κ2) is 4.37. The van der Waals surface area contributed by atoms with Gasteiger partial charge in [-0.25, -0.2) is 8.78 Å². The van der Waals surface area contributed by atoms with E-state index in [2.05, 4.69) is 17.1 Å². The van der Waals surface area contributed by atoms with Crippen LogP contribution in [0.1, 0.15) is 13.3 Å². The number of nitrogens with zero attached hydrogens (tertiary/aromatic N) is 1. The highest BCUT2D eigenvalue weighted by molar-refractivity contribution is 5.46. The predicted molar refractivity (Wildman–Crippen MR) is 60.5 cm³/mol. The fraction of sp³-hybridized carbons (Fsp3) is 0.500. The zero-order valence-electron chi connectivity index (χ0n) is 9.50. The van der Waals surface area contributed by atoms with Gasteiger partial charge in [-0.15, -0.1) is 0 Å². The van der Waals surface area contributed by atoms with Gasteiger partial charge in [0.05, 0.1) is 5.69 Å². The normalized spacial score (nSPS) is 26.0. The summed E-state index contributed by atoms with van der Waals surface area (Å²) in [7, 11) is 2.04. The number of benzene rings is 1. The van der Waals surface area contributed by atoms with Crippen LogP contribution in [-0.2, 0) is 0 Å². The van der Waals surface area contributed by atoms with Gasteiger partial charge in [0.2, 0.25) is 0 Å². The topological polar surface area (TPSA) is 15.3 Å². The maximum absolute atomic E-state index is 13.4. The van der Waals surface area contributed by atoms with Crippen molar-refractivity contribution in [2.24, 2.45) is 0 Å². The second-order valence-electron chi connectivity index (χ2n) is 4.47. The number of halogens is 2. The molecule has 1 heterocycles. The Morgan fingerprint density at radius 2 is 2.12 bits per heavy atom. The highest BCUT2D eigenvalue weighted by atomic mass is 19.2. The lowest BCUT2D eigenvalue weighted by atomic mass is 10.2. The minimum atomic E-state index is -0.801. The maximum atomic E-state index is 13.4. The molecular weight excluding hydrogens is 210 g/mol. The molecular formula is C12H16F2N2. The minimum Gasteiger partial charge on any atom is -0.379 e. The number of likely N-dealkylation sites (tertiary alicyclic amines) is 1. The zero-order valence-corrected chi connectivity index (χ0v) is 9.50. The number of nitrogens with one attached hydrogen (secondary N) is 1. The average molecular weight is 226 g/mol. The summed E-state index contributed by atoms with van der Waals surface area (Å²) in [6.45, 7) is 2.99. The van der Waals surface area contributed by atoms with E-state index in [1.807, 2.05) is 7.05 Å². The van der Waals surface area contributed by atoms with Gasteiger partial charge in [0.15, 0.2) is 11.6 Å². The summed E-state index contributed by atoms with van der Waals surface area (Å²) < 4.78 is 26.4. The van der Waals surface area contributed by atoms with Gasteiger partial charge in [0, 0.05) is 18.6 Å². The van der Waals surface area contributed by atoms with Crippen LogP contribution < -0.4 is 5.32 Å². The minimum absolute atomic E-state index is 0.191. The molecule has 1 fully saturated rings. The molecule has 0 saturated carbocycles. The van der Waals surface area contributed by atoms with Crippen LogP contribution in [0.3, 0.4) is 0 Å². The van der Waals surface area contributed by atoms with Crippen LogP contribution >= 0.6 is 0 Å². The Hall–Kier alpha value is -1.16. The van der Waals surface area contributed by atoms with Crippen molar-refractivity contribution in [3.05, 3.63) is 29.8 Å². The molecule has 1 aromatic rings. The molecule has 2 nitrogen and oxygen atoms in total. The van der Waals surface area contributed by atoms with E-state index in [1.165, 1.54) is 6.07 Å². The molecule has 2 rings (SSSR count). The Labute approximate surface area is 94.3 Å². The molecule has 4 heteroatoms. The Bertz CT molecular complexity index is 371. The van der Waals surface area contributed by atoms with Crippen molar-refractivity contribution in [1.82, 2.24) is 4.90 Å². The first-order valence-electron chi connectivity index (χ1n) is 5.48. The molecule has 1 aromatic carbocycles. The third-order valence-electron chi connectivity index (χ3n) is 3.20. The number of likely N-dealkylation sites (N-methyl/N-ethyl adjacent to an activating group) is 1. The molecule has 2 atom stereocenters. The molecule has 0 radical (unpaired) electrons. The van der Waals surface area contributed by atoms with Crippen molar-refractivity contribution >= 4 is 5.69 Å². The van der Waals surface area contributed by atoms with E-state index in [0.29, 0.717) is 6.04 Å². The largest absolute Gasteiger partial charge is 0.379 e. The maximum Gasteiger partial charge on any atom is 0.181 e. The summed E-state index contributed by atoms with van der Waals surface area (Å²) in [6, 6.07) is 4.89. The summed E-state index contributed by atoms with van der Waals surface area (Å²) in [6.07, 6.45) is 0.951. The van der Waals surface area contributed by atoms with Gasteiger partial charge in [0.1, 0.15) is 0 Å². The van der Waals surface area contributed by atoms with Gasteiger partial charge >= 0.3 is 0 Å². The molecule has 88 valence electrons. The standard InChI is InChI=1S/C12H16F2N2/c1-8-6-9(7-16(8)2)15-11-5-3-4-10(13)12(11)14/h3-5,8-9,15H,6-7H2,1-2H3. The predicted octanol–water partition coefficient (Wildman–Crippen LogP) is 2.47. The smallest absolute Gasteiger partial charge is 0.181 e. The Morgan fingerprint density at radius 1 is 1.38 bits per heavy atom. The first kappa shape index (κ1) is 11.3. The highest BCUT2D eigenvalue weighted by Crippen LogP contribution is 2.22. The van der Waals surface area contributed by atoms with E-state index in [4.69, 9.17) is 0 Å². The van der Waals surface area contributed by atoms with Crippen LogP contribution in [0.4, 0.5) is 14.5 Å². The fourth-order valence-electron chi connectivity index (χ4n) is 2.13. The monoisotopic (exact) mass is 226 g/mol. The van der Waals surface area contributed by atoms with Crippen molar-refractivity contribution in [2.45, 2.75) is 25.4 Å². The van der Waals surface area contributed by atoms with E-state index < -0.39 is 11.6 Å². The average Bonchev–Trinajstić information content (AvgIpc) is 2.54. The zero-order chi connectivity index (χ0) is 11.7. The molecule has 16 heavy (non-hydrogen) atoms. The molecule has 1 aliphatic rings. The first-order chi connectivity index (χ1) is 7.58. The number of hydrogen-bond donors (Lipinski definition) is 1. The van der Waals surface area contributed by atoms with E-state index in [0.717, 1.165) is 19.0 Å². The molecule has 0 aromatic heterocycles. The first-order valence-corrected chi connectivity index (χ1v) is 5.48. The van der Waals surface area contributed by atoms with Crippen molar-refractivity contribution in [1.29, 1.82) is 0 Å². The molecule has 1 N–H and O–H groups in total. The number of anilines is 1. The van der Waals surface area contributed by atoms with E-state index in [1.54, 1.807) is 6.07 Å². The molecule has 0 spiro atoms. The van der Waals surface area contributed by atoms with Crippen LogP contribution in [0.15, 0.2) is 18.2 Å². The van der Waals surface area contributed by atoms with Crippen molar-refractivity contribution in [2.75, 3.05) is 18.9 Å². The summed E-state index contributed by atoms with van der Waals surface area (Å²) in [5.74, 6) is -1.59. The summed E-state index contributed by atoms with van der Waals surface area (Å²) in [5.41, 5.74) is 0.257. The van der Waals surface area contributed by atoms with Crippen LogP contribution in [0.2, 0.25) is 0 Å². The summed E-state index contributed by atoms with van der Waals surface area (Å²) >= 11 is 0. The number of hydrogen-bond acceptors (Lipinski definition) is 2. The van der Waals surface area contributed by atoms with Gasteiger partial charge in [-0.1, -0.05) is 6.07 Å². The van der Waals surface area contributed by atoms with Crippen molar-refractivity contribution in [3.63, 3.8) is 0 Å². The summed E-state index contributed by atoms with van der Waals surface area (Å²) in [5, 5.41) is 3.05. The van der Waals surface area contributed by atoms with Gasteiger partial charge < -0.3 is 10.2 Å². The highest BCUT2D eigenvalue weighted by Gasteiger charge is 2.26. The third kappa shape index (κ3) is 2.16. The molecule has 1 aliphatic heterocycles. The van der Waals surface area contributed by atoms with E-state index >= 15 is 0 Å². The third-order valence-corrected chi connectivity index (χ3v) is 3.20. The number of rotatable bonds is 2. The van der Waals surface area contributed by atoms with Crippen molar-refractivity contribution < 1.29 is 8.78 Å². The second-order valence-corrected chi connectivity index (χ2v) is 4.47. The van der Waals surface area contributed by atoms with Gasteiger partial charge in [-0.2, -0.15) is 0 Å². The van der Waals surface area contributed by atoms with Gasteiger partial charge in [-0.05, 0) is 32.5 Å². The lowest BCUT2D eigenvalue weighted by Gasteiger charge is -2.14. The van der Waals surface area contributed by atoms with E-state index in [-0.39, 0.29) is 11.7 Å². The van der Waals surface area contributed by atoms with Crippen molar-refractivity contribution in [3.8, 4) is 0 Å². The lowest BCUT2D eigenvalue weighted by molar-refractivity contribution is 0.330. The van der Waals surface area contributed by atoms with Crippen LogP contribution in [0.5, 0.6) is 0 Å². The SMILES string of the molecule is CC1CC(Nc2cccc(F)c2F)CN1C. The van der Waals surface area contributed by atoms with Crippen LogP contribution in [0.25, 0.3) is 0 Å². The Morgan fingerprint density at radius 3 is 2.75 bits per heavy atom. The Kier molecular flexibility index (Phi) is 3.10. The molecule has 0 amide bonds. The molecule has 0 bridgehead atoms. The Balaban J connectivity index is 2.08. The molecule has 2 unspecified atom stereocenters. The van der Waals surface area contributed by atoms with E-state index in [9.17, 15) is 8.78 Å². The quantitative estimate of drug-likeness (QED) is 0.833. The van der Waals surface area contributed by atoms with Crippen LogP contribution in [-0.4, -0.2) is 30.6 Å².